The Hall–Kier alpha value is -3.16. The second-order valence-corrected chi connectivity index (χ2v) is 8.07. The van der Waals surface area contributed by atoms with Gasteiger partial charge in [0.1, 0.15) is 0 Å². The van der Waals surface area contributed by atoms with Crippen molar-refractivity contribution in [3.8, 4) is 0 Å². The van der Waals surface area contributed by atoms with Gasteiger partial charge in [-0.1, -0.05) is 31.2 Å². The minimum atomic E-state index is -0.216. The summed E-state index contributed by atoms with van der Waals surface area (Å²) < 4.78 is 5.42. The number of aromatic amines is 1. The second kappa shape index (κ2) is 10.4. The van der Waals surface area contributed by atoms with Crippen molar-refractivity contribution in [2.45, 2.75) is 19.9 Å². The number of amides is 2. The molecule has 7 nitrogen and oxygen atoms in total. The highest BCUT2D eigenvalue weighted by atomic mass is 16.5. The van der Waals surface area contributed by atoms with Crippen LogP contribution < -0.4 is 10.9 Å². The number of aromatic nitrogens is 1. The molecular formula is C25H30N4O3. The molecule has 2 N–H and O–H groups in total. The van der Waals surface area contributed by atoms with Gasteiger partial charge in [0.15, 0.2) is 0 Å². The fourth-order valence-corrected chi connectivity index (χ4v) is 3.91. The zero-order valence-electron chi connectivity index (χ0n) is 18.5. The van der Waals surface area contributed by atoms with Gasteiger partial charge >= 0.3 is 6.03 Å². The van der Waals surface area contributed by atoms with Crippen molar-refractivity contribution in [1.29, 1.82) is 0 Å². The molecule has 1 aromatic heterocycles. The quantitative estimate of drug-likeness (QED) is 0.597. The number of carbonyl (C=O) groups excluding carboxylic acids is 1. The molecule has 32 heavy (non-hydrogen) atoms. The van der Waals surface area contributed by atoms with Gasteiger partial charge in [-0.2, -0.15) is 0 Å². The number of hydrogen-bond acceptors (Lipinski definition) is 4. The molecule has 2 aromatic carbocycles. The molecule has 2 heterocycles. The van der Waals surface area contributed by atoms with E-state index in [1.807, 2.05) is 48.5 Å². The highest BCUT2D eigenvalue weighted by Gasteiger charge is 2.19. The first kappa shape index (κ1) is 22.0. The van der Waals surface area contributed by atoms with E-state index in [4.69, 9.17) is 4.74 Å². The predicted molar refractivity (Wildman–Crippen MR) is 127 cm³/mol. The Morgan fingerprint density at radius 1 is 1.12 bits per heavy atom. The molecule has 1 aliphatic heterocycles. The first-order chi connectivity index (χ1) is 15.6. The van der Waals surface area contributed by atoms with Crippen molar-refractivity contribution in [1.82, 2.24) is 14.8 Å². The second-order valence-electron chi connectivity index (χ2n) is 8.07. The zero-order valence-corrected chi connectivity index (χ0v) is 18.5. The van der Waals surface area contributed by atoms with Crippen LogP contribution in [0.2, 0.25) is 0 Å². The average Bonchev–Trinajstić information content (AvgIpc) is 2.83. The summed E-state index contributed by atoms with van der Waals surface area (Å²) in [5.41, 5.74) is 3.17. The summed E-state index contributed by atoms with van der Waals surface area (Å²) in [6.45, 7) is 6.72. The zero-order chi connectivity index (χ0) is 22.3. The van der Waals surface area contributed by atoms with Crippen LogP contribution in [0, 0.1) is 0 Å². The van der Waals surface area contributed by atoms with Gasteiger partial charge in [0.2, 0.25) is 0 Å². The van der Waals surface area contributed by atoms with E-state index in [0.717, 1.165) is 42.6 Å². The Morgan fingerprint density at radius 3 is 2.66 bits per heavy atom. The van der Waals surface area contributed by atoms with Crippen LogP contribution in [-0.4, -0.2) is 60.2 Å². The number of nitrogens with zero attached hydrogens (tertiary/aromatic N) is 2. The molecule has 2 amide bonds. The maximum absolute atomic E-state index is 13.1. The Kier molecular flexibility index (Phi) is 7.19. The summed E-state index contributed by atoms with van der Waals surface area (Å²) in [6.07, 6.45) is 0.926. The number of pyridine rings is 1. The van der Waals surface area contributed by atoms with Crippen molar-refractivity contribution in [3.63, 3.8) is 0 Å². The van der Waals surface area contributed by atoms with Crippen LogP contribution >= 0.6 is 0 Å². The lowest BCUT2D eigenvalue weighted by Gasteiger charge is -2.30. The predicted octanol–water partition coefficient (Wildman–Crippen LogP) is 3.46. The van der Waals surface area contributed by atoms with Gasteiger partial charge in [-0.25, -0.2) is 4.79 Å². The fourth-order valence-electron chi connectivity index (χ4n) is 3.91. The van der Waals surface area contributed by atoms with E-state index in [2.05, 4.69) is 28.2 Å². The lowest BCUT2D eigenvalue weighted by atomic mass is 10.1. The molecule has 0 radical (unpaired) electrons. The van der Waals surface area contributed by atoms with E-state index in [9.17, 15) is 9.59 Å². The third-order valence-corrected chi connectivity index (χ3v) is 5.86. The van der Waals surface area contributed by atoms with Crippen LogP contribution in [0.25, 0.3) is 10.9 Å². The van der Waals surface area contributed by atoms with Crippen molar-refractivity contribution >= 4 is 22.6 Å². The third kappa shape index (κ3) is 5.55. The summed E-state index contributed by atoms with van der Waals surface area (Å²) in [7, 11) is 0. The number of hydrogen-bond donors (Lipinski definition) is 2. The van der Waals surface area contributed by atoms with Crippen molar-refractivity contribution in [3.05, 3.63) is 76.1 Å². The van der Waals surface area contributed by atoms with Crippen molar-refractivity contribution in [2.24, 2.45) is 0 Å². The highest BCUT2D eigenvalue weighted by molar-refractivity contribution is 5.89. The molecule has 168 valence electrons. The number of H-pyrrole nitrogens is 1. The number of urea groups is 1. The molecule has 4 rings (SSSR count). The lowest BCUT2D eigenvalue weighted by molar-refractivity contribution is 0.0349. The van der Waals surface area contributed by atoms with Crippen LogP contribution in [0.4, 0.5) is 10.5 Å². The first-order valence-corrected chi connectivity index (χ1v) is 11.2. The molecule has 1 aliphatic rings. The minimum Gasteiger partial charge on any atom is -0.379 e. The minimum absolute atomic E-state index is 0.161. The van der Waals surface area contributed by atoms with Gasteiger partial charge in [0.25, 0.3) is 5.56 Å². The van der Waals surface area contributed by atoms with E-state index >= 15 is 0 Å². The van der Waals surface area contributed by atoms with Gasteiger partial charge in [0.05, 0.1) is 19.8 Å². The number of benzene rings is 2. The van der Waals surface area contributed by atoms with Crippen LogP contribution in [0.5, 0.6) is 0 Å². The molecule has 3 aromatic rings. The summed E-state index contributed by atoms with van der Waals surface area (Å²) in [5, 5.41) is 3.94. The summed E-state index contributed by atoms with van der Waals surface area (Å²) >= 11 is 0. The van der Waals surface area contributed by atoms with Crippen molar-refractivity contribution < 1.29 is 9.53 Å². The van der Waals surface area contributed by atoms with Gasteiger partial charge in [0, 0.05) is 42.9 Å². The lowest BCUT2D eigenvalue weighted by Crippen LogP contribution is -2.44. The normalized spacial score (nSPS) is 14.4. The number of anilines is 1. The largest absolute Gasteiger partial charge is 0.379 e. The average molecular weight is 435 g/mol. The molecule has 1 saturated heterocycles. The molecule has 1 fully saturated rings. The van der Waals surface area contributed by atoms with Crippen LogP contribution in [0.1, 0.15) is 18.1 Å². The number of nitrogens with one attached hydrogen (secondary N) is 2. The molecule has 0 atom stereocenters. The van der Waals surface area contributed by atoms with Crippen molar-refractivity contribution in [2.75, 3.05) is 44.7 Å². The number of morpholine rings is 1. The molecule has 0 unspecified atom stereocenters. The topological polar surface area (TPSA) is 77.7 Å². The fraction of sp³-hybridized carbons (Fsp3) is 0.360. The monoisotopic (exact) mass is 434 g/mol. The standard InChI is InChI=1S/C25H30N4O3/c1-2-19-8-9-23-20(16-19)17-21(24(30)27-23)18-29(11-10-28-12-14-32-15-13-28)25(31)26-22-6-4-3-5-7-22/h3-9,16-17H,2,10-15,18H2,1H3,(H,26,31)(H,27,30). The van der Waals surface area contributed by atoms with Crippen LogP contribution in [0.3, 0.4) is 0 Å². The Balaban J connectivity index is 1.56. The molecular weight excluding hydrogens is 404 g/mol. The van der Waals surface area contributed by atoms with Crippen LogP contribution in [-0.2, 0) is 17.7 Å². The van der Waals surface area contributed by atoms with E-state index < -0.39 is 0 Å². The Labute approximate surface area is 188 Å². The number of aryl methyl sites for hydroxylation is 1. The number of ether oxygens (including phenoxy) is 1. The number of rotatable bonds is 7. The van der Waals surface area contributed by atoms with E-state index in [1.165, 1.54) is 5.56 Å². The van der Waals surface area contributed by atoms with Crippen LogP contribution in [0.15, 0.2) is 59.4 Å². The smallest absolute Gasteiger partial charge is 0.322 e. The highest BCUT2D eigenvalue weighted by Crippen LogP contribution is 2.16. The summed E-state index contributed by atoms with van der Waals surface area (Å²) in [6, 6.07) is 17.1. The third-order valence-electron chi connectivity index (χ3n) is 5.86. The van der Waals surface area contributed by atoms with Gasteiger partial charge < -0.3 is 19.9 Å². The Morgan fingerprint density at radius 2 is 1.91 bits per heavy atom. The molecule has 0 spiro atoms. The van der Waals surface area contributed by atoms with E-state index in [0.29, 0.717) is 25.3 Å². The summed E-state index contributed by atoms with van der Waals surface area (Å²) in [5.74, 6) is 0. The van der Waals surface area contributed by atoms with Gasteiger partial charge in [-0.15, -0.1) is 0 Å². The molecule has 0 bridgehead atoms. The van der Waals surface area contributed by atoms with Gasteiger partial charge in [-0.3, -0.25) is 9.69 Å². The number of para-hydroxylation sites is 1. The number of fused-ring (bicyclic) bond motifs is 1. The van der Waals surface area contributed by atoms with E-state index in [-0.39, 0.29) is 18.1 Å². The molecule has 0 aliphatic carbocycles. The number of carbonyl (C=O) groups is 1. The molecule has 0 saturated carbocycles. The first-order valence-electron chi connectivity index (χ1n) is 11.2. The molecule has 7 heteroatoms. The SMILES string of the molecule is CCc1ccc2[nH]c(=O)c(CN(CCN3CCOCC3)C(=O)Nc3ccccc3)cc2c1. The maximum atomic E-state index is 13.1. The van der Waals surface area contributed by atoms with Gasteiger partial charge in [-0.05, 0) is 47.7 Å². The van der Waals surface area contributed by atoms with E-state index in [1.54, 1.807) is 4.90 Å². The summed E-state index contributed by atoms with van der Waals surface area (Å²) in [4.78, 5) is 32.9. The Bertz CT molecular complexity index is 1110. The maximum Gasteiger partial charge on any atom is 0.322 e.